The molecule has 0 radical (unpaired) electrons. The lowest BCUT2D eigenvalue weighted by Gasteiger charge is -2.03. The molecule has 0 spiro atoms. The van der Waals surface area contributed by atoms with E-state index in [0.29, 0.717) is 17.5 Å². The fourth-order valence-electron chi connectivity index (χ4n) is 3.06. The van der Waals surface area contributed by atoms with E-state index >= 15 is 0 Å². The molecule has 0 aliphatic rings. The van der Waals surface area contributed by atoms with Gasteiger partial charge in [-0.2, -0.15) is 0 Å². The number of rotatable bonds is 5. The standard InChI is InChI=1S/C25H21ClN2O2/c1-16-13-22-23(14-17(16)2)30-25(28-22)20-8-3-19(4-9-20)15-27-24(29)12-7-18-5-10-21(26)11-6-18/h3-14H,15H2,1-2H3,(H,27,29)/b12-7+. The van der Waals surface area contributed by atoms with E-state index in [0.717, 1.165) is 27.8 Å². The number of hydrogen-bond donors (Lipinski definition) is 1. The van der Waals surface area contributed by atoms with Crippen LogP contribution in [0, 0.1) is 13.8 Å². The second-order valence-electron chi connectivity index (χ2n) is 7.22. The van der Waals surface area contributed by atoms with Crippen LogP contribution >= 0.6 is 11.6 Å². The molecule has 4 aromatic rings. The van der Waals surface area contributed by atoms with Crippen LogP contribution in [0.5, 0.6) is 0 Å². The molecule has 0 unspecified atom stereocenters. The third kappa shape index (κ3) is 4.61. The maximum atomic E-state index is 12.1. The van der Waals surface area contributed by atoms with Crippen molar-refractivity contribution in [1.29, 1.82) is 0 Å². The van der Waals surface area contributed by atoms with Gasteiger partial charge in [0, 0.05) is 23.2 Å². The lowest BCUT2D eigenvalue weighted by Crippen LogP contribution is -2.20. The van der Waals surface area contributed by atoms with E-state index in [4.69, 9.17) is 16.0 Å². The summed E-state index contributed by atoms with van der Waals surface area (Å²) in [5.74, 6) is 0.440. The number of carbonyl (C=O) groups is 1. The summed E-state index contributed by atoms with van der Waals surface area (Å²) in [6.45, 7) is 4.57. The summed E-state index contributed by atoms with van der Waals surface area (Å²) in [6.07, 6.45) is 3.27. The second-order valence-corrected chi connectivity index (χ2v) is 7.66. The molecule has 3 aromatic carbocycles. The van der Waals surface area contributed by atoms with E-state index in [2.05, 4.69) is 24.1 Å². The summed E-state index contributed by atoms with van der Waals surface area (Å²) in [7, 11) is 0. The zero-order chi connectivity index (χ0) is 21.1. The zero-order valence-corrected chi connectivity index (χ0v) is 17.5. The Morgan fingerprint density at radius 2 is 1.73 bits per heavy atom. The maximum absolute atomic E-state index is 12.1. The lowest BCUT2D eigenvalue weighted by atomic mass is 10.1. The normalized spacial score (nSPS) is 11.3. The molecule has 1 N–H and O–H groups in total. The smallest absolute Gasteiger partial charge is 0.244 e. The zero-order valence-electron chi connectivity index (χ0n) is 16.8. The van der Waals surface area contributed by atoms with Crippen LogP contribution in [-0.4, -0.2) is 10.9 Å². The Kier molecular flexibility index (Phi) is 5.68. The predicted octanol–water partition coefficient (Wildman–Crippen LogP) is 6.09. The lowest BCUT2D eigenvalue weighted by molar-refractivity contribution is -0.116. The molecule has 4 nitrogen and oxygen atoms in total. The number of amides is 1. The molecule has 30 heavy (non-hydrogen) atoms. The molecule has 1 aromatic heterocycles. The monoisotopic (exact) mass is 416 g/mol. The van der Waals surface area contributed by atoms with Gasteiger partial charge in [0.05, 0.1) is 0 Å². The van der Waals surface area contributed by atoms with Crippen LogP contribution < -0.4 is 5.32 Å². The molecule has 5 heteroatoms. The number of carbonyl (C=O) groups excluding carboxylic acids is 1. The van der Waals surface area contributed by atoms with E-state index in [1.165, 1.54) is 17.2 Å². The third-order valence-corrected chi connectivity index (χ3v) is 5.22. The highest BCUT2D eigenvalue weighted by atomic mass is 35.5. The average molecular weight is 417 g/mol. The largest absolute Gasteiger partial charge is 0.436 e. The Labute approximate surface area is 180 Å². The van der Waals surface area contributed by atoms with Crippen LogP contribution in [0.4, 0.5) is 0 Å². The van der Waals surface area contributed by atoms with Crippen molar-refractivity contribution in [2.45, 2.75) is 20.4 Å². The predicted molar refractivity (Wildman–Crippen MR) is 121 cm³/mol. The number of aryl methyl sites for hydroxylation is 2. The van der Waals surface area contributed by atoms with Crippen LogP contribution in [0.25, 0.3) is 28.6 Å². The molecule has 1 heterocycles. The van der Waals surface area contributed by atoms with Gasteiger partial charge >= 0.3 is 0 Å². The van der Waals surface area contributed by atoms with Crippen molar-refractivity contribution in [3.05, 3.63) is 94.0 Å². The van der Waals surface area contributed by atoms with Crippen LogP contribution in [0.15, 0.2) is 71.2 Å². The summed E-state index contributed by atoms with van der Waals surface area (Å²) >= 11 is 5.86. The molecular formula is C25H21ClN2O2. The summed E-state index contributed by atoms with van der Waals surface area (Å²) in [5, 5.41) is 3.55. The van der Waals surface area contributed by atoms with Crippen molar-refractivity contribution in [1.82, 2.24) is 10.3 Å². The summed E-state index contributed by atoms with van der Waals surface area (Å²) in [4.78, 5) is 16.6. The quantitative estimate of drug-likeness (QED) is 0.400. The average Bonchev–Trinajstić information content (AvgIpc) is 3.15. The number of benzene rings is 3. The van der Waals surface area contributed by atoms with Crippen LogP contribution in [0.3, 0.4) is 0 Å². The Bertz CT molecular complexity index is 1180. The molecule has 0 saturated carbocycles. The van der Waals surface area contributed by atoms with Gasteiger partial charge in [0.15, 0.2) is 5.58 Å². The van der Waals surface area contributed by atoms with E-state index in [1.807, 2.05) is 48.5 Å². The van der Waals surface area contributed by atoms with E-state index in [1.54, 1.807) is 18.2 Å². The minimum atomic E-state index is -0.154. The fraction of sp³-hybridized carbons (Fsp3) is 0.120. The van der Waals surface area contributed by atoms with Crippen molar-refractivity contribution in [3.8, 4) is 11.5 Å². The SMILES string of the molecule is Cc1cc2nc(-c3ccc(CNC(=O)/C=C/c4ccc(Cl)cc4)cc3)oc2cc1C. The Balaban J connectivity index is 1.39. The molecule has 4 rings (SSSR count). The van der Waals surface area contributed by atoms with Gasteiger partial charge in [-0.1, -0.05) is 35.9 Å². The van der Waals surface area contributed by atoms with Crippen LogP contribution in [-0.2, 0) is 11.3 Å². The Morgan fingerprint density at radius 1 is 1.03 bits per heavy atom. The van der Waals surface area contributed by atoms with Gasteiger partial charge in [-0.15, -0.1) is 0 Å². The molecule has 0 saturated heterocycles. The molecule has 0 fully saturated rings. The van der Waals surface area contributed by atoms with E-state index in [9.17, 15) is 4.79 Å². The number of oxazole rings is 1. The molecule has 1 amide bonds. The highest BCUT2D eigenvalue weighted by Gasteiger charge is 2.09. The van der Waals surface area contributed by atoms with Crippen molar-refractivity contribution in [3.63, 3.8) is 0 Å². The summed E-state index contributed by atoms with van der Waals surface area (Å²) in [5.41, 5.74) is 6.84. The first kappa shape index (κ1) is 19.9. The summed E-state index contributed by atoms with van der Waals surface area (Å²) < 4.78 is 5.91. The number of nitrogens with zero attached hydrogens (tertiary/aromatic N) is 1. The number of fused-ring (bicyclic) bond motifs is 1. The van der Waals surface area contributed by atoms with Gasteiger partial charge in [-0.25, -0.2) is 4.98 Å². The van der Waals surface area contributed by atoms with Crippen molar-refractivity contribution in [2.24, 2.45) is 0 Å². The van der Waals surface area contributed by atoms with Gasteiger partial charge < -0.3 is 9.73 Å². The van der Waals surface area contributed by atoms with Crippen molar-refractivity contribution >= 4 is 34.7 Å². The molecule has 0 aliphatic heterocycles. The van der Waals surface area contributed by atoms with Crippen LogP contribution in [0.2, 0.25) is 5.02 Å². The van der Waals surface area contributed by atoms with Gasteiger partial charge in [0.1, 0.15) is 5.52 Å². The first-order valence-electron chi connectivity index (χ1n) is 9.66. The molecule has 150 valence electrons. The van der Waals surface area contributed by atoms with Gasteiger partial charge in [0.25, 0.3) is 0 Å². The highest BCUT2D eigenvalue weighted by molar-refractivity contribution is 6.30. The van der Waals surface area contributed by atoms with E-state index < -0.39 is 0 Å². The first-order chi connectivity index (χ1) is 14.5. The molecular weight excluding hydrogens is 396 g/mol. The second kappa shape index (κ2) is 8.56. The van der Waals surface area contributed by atoms with Crippen molar-refractivity contribution < 1.29 is 9.21 Å². The Morgan fingerprint density at radius 3 is 2.47 bits per heavy atom. The third-order valence-electron chi connectivity index (χ3n) is 4.97. The molecule has 0 aliphatic carbocycles. The van der Waals surface area contributed by atoms with E-state index in [-0.39, 0.29) is 5.91 Å². The molecule has 0 bridgehead atoms. The van der Waals surface area contributed by atoms with Gasteiger partial charge in [-0.3, -0.25) is 4.79 Å². The van der Waals surface area contributed by atoms with Gasteiger partial charge in [0.2, 0.25) is 11.8 Å². The number of hydrogen-bond acceptors (Lipinski definition) is 3. The first-order valence-corrected chi connectivity index (χ1v) is 10.0. The highest BCUT2D eigenvalue weighted by Crippen LogP contribution is 2.26. The number of aromatic nitrogens is 1. The maximum Gasteiger partial charge on any atom is 0.244 e. The number of nitrogens with one attached hydrogen (secondary N) is 1. The minimum Gasteiger partial charge on any atom is -0.436 e. The fourth-order valence-corrected chi connectivity index (χ4v) is 3.19. The minimum absolute atomic E-state index is 0.154. The number of halogens is 1. The van der Waals surface area contributed by atoms with Crippen LogP contribution in [0.1, 0.15) is 22.3 Å². The topological polar surface area (TPSA) is 55.1 Å². The summed E-state index contributed by atoms with van der Waals surface area (Å²) in [6, 6.07) is 19.2. The Hall–Kier alpha value is -3.37. The van der Waals surface area contributed by atoms with Crippen molar-refractivity contribution in [2.75, 3.05) is 0 Å². The van der Waals surface area contributed by atoms with Gasteiger partial charge in [-0.05, 0) is 78.6 Å². The molecule has 0 atom stereocenters.